The lowest BCUT2D eigenvalue weighted by Crippen LogP contribution is -2.09. The van der Waals surface area contributed by atoms with Crippen LogP contribution >= 0.6 is 11.6 Å². The third-order valence-corrected chi connectivity index (χ3v) is 4.70. The summed E-state index contributed by atoms with van der Waals surface area (Å²) in [7, 11) is 0. The van der Waals surface area contributed by atoms with Crippen molar-refractivity contribution in [1.29, 1.82) is 0 Å². The largest absolute Gasteiger partial charge is 0.384 e. The molecule has 0 radical (unpaired) electrons. The first kappa shape index (κ1) is 16.5. The van der Waals surface area contributed by atoms with Crippen LogP contribution in [0, 0.1) is 0 Å². The van der Waals surface area contributed by atoms with Crippen molar-refractivity contribution in [2.75, 3.05) is 17.2 Å². The molecule has 5 nitrogen and oxygen atoms in total. The van der Waals surface area contributed by atoms with Gasteiger partial charge >= 0.3 is 0 Å². The zero-order valence-electron chi connectivity index (χ0n) is 14.2. The molecular formula is C20H17ClN4O. The molecule has 0 saturated heterocycles. The molecule has 2 aromatic carbocycles. The standard InChI is InChI=1S/C20H17ClN4O/c1-2-3-19(26)25-13-5-7-17-15(9-13)20(24-11-23-17)16-10-22-18-8-12(21)4-6-14(16)18/h2-9,11,16,22H,10H2,1H3,(H,25,26). The van der Waals surface area contributed by atoms with Gasteiger partial charge in [-0.1, -0.05) is 23.7 Å². The Kier molecular flexibility index (Phi) is 4.31. The summed E-state index contributed by atoms with van der Waals surface area (Å²) in [5, 5.41) is 7.90. The number of amides is 1. The topological polar surface area (TPSA) is 66.9 Å². The second-order valence-corrected chi connectivity index (χ2v) is 6.58. The Hall–Kier alpha value is -2.92. The highest BCUT2D eigenvalue weighted by Crippen LogP contribution is 2.39. The molecule has 3 aromatic rings. The first-order valence-corrected chi connectivity index (χ1v) is 8.75. The molecule has 1 aromatic heterocycles. The van der Waals surface area contributed by atoms with E-state index in [9.17, 15) is 4.79 Å². The van der Waals surface area contributed by atoms with Gasteiger partial charge in [0.1, 0.15) is 6.33 Å². The Bertz CT molecular complexity index is 1030. The fraction of sp³-hybridized carbons (Fsp3) is 0.150. The van der Waals surface area contributed by atoms with Crippen LogP contribution in [0.2, 0.25) is 5.02 Å². The minimum atomic E-state index is -0.159. The Labute approximate surface area is 156 Å². The van der Waals surface area contributed by atoms with Crippen LogP contribution in [0.5, 0.6) is 0 Å². The van der Waals surface area contributed by atoms with Crippen molar-refractivity contribution in [1.82, 2.24) is 9.97 Å². The average molecular weight is 365 g/mol. The molecule has 2 N–H and O–H groups in total. The summed E-state index contributed by atoms with van der Waals surface area (Å²) in [6.07, 6.45) is 4.79. The Morgan fingerprint density at radius 3 is 3.00 bits per heavy atom. The van der Waals surface area contributed by atoms with Crippen LogP contribution in [0.25, 0.3) is 10.9 Å². The summed E-state index contributed by atoms with van der Waals surface area (Å²) in [6, 6.07) is 11.5. The number of rotatable bonds is 3. The van der Waals surface area contributed by atoms with Crippen LogP contribution in [-0.2, 0) is 4.79 Å². The summed E-state index contributed by atoms with van der Waals surface area (Å²) >= 11 is 6.10. The van der Waals surface area contributed by atoms with Gasteiger partial charge in [-0.05, 0) is 48.9 Å². The lowest BCUT2D eigenvalue weighted by molar-refractivity contribution is -0.111. The SMILES string of the molecule is CC=CC(=O)Nc1ccc2ncnc(C3CNc4cc(Cl)ccc43)c2c1. The number of benzene rings is 2. The number of aromatic nitrogens is 2. The first-order chi connectivity index (χ1) is 12.7. The summed E-state index contributed by atoms with van der Waals surface area (Å²) in [6.45, 7) is 2.56. The normalized spacial score (nSPS) is 15.8. The molecule has 6 heteroatoms. The Balaban J connectivity index is 1.77. The van der Waals surface area contributed by atoms with Crippen LogP contribution in [0.1, 0.15) is 24.1 Å². The highest BCUT2D eigenvalue weighted by Gasteiger charge is 2.26. The van der Waals surface area contributed by atoms with Crippen LogP contribution in [-0.4, -0.2) is 22.4 Å². The fourth-order valence-electron chi connectivity index (χ4n) is 3.32. The molecule has 0 saturated carbocycles. The van der Waals surface area contributed by atoms with Gasteiger partial charge in [0.05, 0.1) is 11.2 Å². The molecule has 0 spiro atoms. The van der Waals surface area contributed by atoms with Gasteiger partial charge in [-0.25, -0.2) is 9.97 Å². The maximum absolute atomic E-state index is 11.8. The smallest absolute Gasteiger partial charge is 0.248 e. The number of hydrogen-bond donors (Lipinski definition) is 2. The van der Waals surface area contributed by atoms with Crippen molar-refractivity contribution in [3.63, 3.8) is 0 Å². The van der Waals surface area contributed by atoms with Crippen molar-refractivity contribution in [2.24, 2.45) is 0 Å². The van der Waals surface area contributed by atoms with Gasteiger partial charge in [-0.3, -0.25) is 4.79 Å². The van der Waals surface area contributed by atoms with E-state index in [1.165, 1.54) is 6.08 Å². The van der Waals surface area contributed by atoms with E-state index in [0.717, 1.165) is 40.1 Å². The molecule has 1 aliphatic rings. The minimum absolute atomic E-state index is 0.106. The molecule has 1 amide bonds. The lowest BCUT2D eigenvalue weighted by atomic mass is 9.94. The van der Waals surface area contributed by atoms with Gasteiger partial charge < -0.3 is 10.6 Å². The molecule has 1 aliphatic heterocycles. The van der Waals surface area contributed by atoms with E-state index in [-0.39, 0.29) is 11.8 Å². The lowest BCUT2D eigenvalue weighted by Gasteiger charge is -2.13. The van der Waals surface area contributed by atoms with Crippen molar-refractivity contribution in [3.05, 3.63) is 71.2 Å². The predicted molar refractivity (Wildman–Crippen MR) is 105 cm³/mol. The number of anilines is 2. The molecular weight excluding hydrogens is 348 g/mol. The number of carbonyl (C=O) groups is 1. The molecule has 0 fully saturated rings. The highest BCUT2D eigenvalue weighted by atomic mass is 35.5. The molecule has 4 rings (SSSR count). The monoisotopic (exact) mass is 364 g/mol. The van der Waals surface area contributed by atoms with Gasteiger partial charge in [0, 0.05) is 34.2 Å². The molecule has 2 heterocycles. The van der Waals surface area contributed by atoms with Gasteiger partial charge in [0.2, 0.25) is 5.91 Å². The fourth-order valence-corrected chi connectivity index (χ4v) is 3.49. The molecule has 1 atom stereocenters. The zero-order valence-corrected chi connectivity index (χ0v) is 14.9. The van der Waals surface area contributed by atoms with Gasteiger partial charge in [-0.15, -0.1) is 0 Å². The summed E-state index contributed by atoms with van der Waals surface area (Å²) in [5.41, 5.74) is 4.70. The van der Waals surface area contributed by atoms with Crippen LogP contribution in [0.15, 0.2) is 54.9 Å². The van der Waals surface area contributed by atoms with Crippen LogP contribution in [0.4, 0.5) is 11.4 Å². The average Bonchev–Trinajstić information content (AvgIpc) is 3.04. The summed E-state index contributed by atoms with van der Waals surface area (Å²) in [4.78, 5) is 20.8. The Morgan fingerprint density at radius 2 is 2.15 bits per heavy atom. The van der Waals surface area contributed by atoms with Crippen LogP contribution < -0.4 is 10.6 Å². The maximum atomic E-state index is 11.8. The highest BCUT2D eigenvalue weighted by molar-refractivity contribution is 6.30. The van der Waals surface area contributed by atoms with E-state index in [1.807, 2.05) is 43.3 Å². The summed E-state index contributed by atoms with van der Waals surface area (Å²) in [5.74, 6) is -0.0537. The second-order valence-electron chi connectivity index (χ2n) is 6.15. The summed E-state index contributed by atoms with van der Waals surface area (Å²) < 4.78 is 0. The van der Waals surface area contributed by atoms with E-state index in [4.69, 9.17) is 11.6 Å². The van der Waals surface area contributed by atoms with E-state index >= 15 is 0 Å². The molecule has 0 bridgehead atoms. The third kappa shape index (κ3) is 3.02. The molecule has 1 unspecified atom stereocenters. The number of carbonyl (C=O) groups excluding carboxylic acids is 1. The third-order valence-electron chi connectivity index (χ3n) is 4.47. The quantitative estimate of drug-likeness (QED) is 0.678. The number of allylic oxidation sites excluding steroid dienone is 1. The van der Waals surface area contributed by atoms with E-state index in [1.54, 1.807) is 12.4 Å². The molecule has 130 valence electrons. The number of hydrogen-bond acceptors (Lipinski definition) is 4. The van der Waals surface area contributed by atoms with Gasteiger partial charge in [0.25, 0.3) is 0 Å². The van der Waals surface area contributed by atoms with Crippen LogP contribution in [0.3, 0.4) is 0 Å². The number of fused-ring (bicyclic) bond motifs is 2. The van der Waals surface area contributed by atoms with Crippen molar-refractivity contribution in [3.8, 4) is 0 Å². The molecule has 0 aliphatic carbocycles. The molecule has 26 heavy (non-hydrogen) atoms. The van der Waals surface area contributed by atoms with Crippen molar-refractivity contribution >= 4 is 39.8 Å². The van der Waals surface area contributed by atoms with E-state index < -0.39 is 0 Å². The number of halogens is 1. The second kappa shape index (κ2) is 6.77. The van der Waals surface area contributed by atoms with E-state index in [2.05, 4.69) is 20.6 Å². The number of nitrogens with one attached hydrogen (secondary N) is 2. The van der Waals surface area contributed by atoms with Crippen molar-refractivity contribution in [2.45, 2.75) is 12.8 Å². The Morgan fingerprint density at radius 1 is 1.27 bits per heavy atom. The maximum Gasteiger partial charge on any atom is 0.248 e. The van der Waals surface area contributed by atoms with E-state index in [0.29, 0.717) is 5.02 Å². The van der Waals surface area contributed by atoms with Gasteiger partial charge in [-0.2, -0.15) is 0 Å². The first-order valence-electron chi connectivity index (χ1n) is 8.37. The zero-order chi connectivity index (χ0) is 18.1. The predicted octanol–water partition coefficient (Wildman–Crippen LogP) is 4.36. The minimum Gasteiger partial charge on any atom is -0.384 e. The van der Waals surface area contributed by atoms with Gasteiger partial charge in [0.15, 0.2) is 0 Å². The van der Waals surface area contributed by atoms with Crippen molar-refractivity contribution < 1.29 is 4.79 Å². The number of nitrogens with zero attached hydrogens (tertiary/aromatic N) is 2.